The van der Waals surface area contributed by atoms with Gasteiger partial charge in [-0.05, 0) is 49.9 Å². The van der Waals surface area contributed by atoms with E-state index in [4.69, 9.17) is 5.73 Å². The number of nitrogens with one attached hydrogen (secondary N) is 3. The van der Waals surface area contributed by atoms with Crippen LogP contribution in [0.1, 0.15) is 59.3 Å². The van der Waals surface area contributed by atoms with E-state index in [2.05, 4.69) is 52.8 Å². The number of pyridine rings is 2. The Morgan fingerprint density at radius 2 is 1.57 bits per heavy atom. The van der Waals surface area contributed by atoms with Crippen LogP contribution in [0.15, 0.2) is 36.7 Å². The van der Waals surface area contributed by atoms with Crippen molar-refractivity contribution in [2.24, 2.45) is 0 Å². The van der Waals surface area contributed by atoms with Gasteiger partial charge in [0.15, 0.2) is 17.7 Å². The van der Waals surface area contributed by atoms with Crippen LogP contribution in [0.4, 0.5) is 36.7 Å². The third kappa shape index (κ3) is 7.69. The van der Waals surface area contributed by atoms with Gasteiger partial charge in [-0.15, -0.1) is 0 Å². The van der Waals surface area contributed by atoms with E-state index in [1.165, 1.54) is 6.20 Å². The molecule has 0 aliphatic rings. The van der Waals surface area contributed by atoms with Crippen LogP contribution in [0.5, 0.6) is 0 Å². The molecule has 0 aliphatic heterocycles. The minimum atomic E-state index is -4.92. The summed E-state index contributed by atoms with van der Waals surface area (Å²) in [5.41, 5.74) is 6.75. The highest BCUT2D eigenvalue weighted by molar-refractivity contribution is 5.87. The first kappa shape index (κ1) is 32.8. The molecule has 0 amide bonds. The van der Waals surface area contributed by atoms with Crippen LogP contribution in [0, 0.1) is 0 Å². The summed E-state index contributed by atoms with van der Waals surface area (Å²) < 4.78 is 41.6. The Morgan fingerprint density at radius 1 is 0.909 bits per heavy atom. The molecule has 12 nitrogen and oxygen atoms in total. The van der Waals surface area contributed by atoms with Gasteiger partial charge in [0.05, 0.1) is 29.2 Å². The molecular formula is C29H39F3N10O2. The fourth-order valence-corrected chi connectivity index (χ4v) is 5.02. The molecule has 0 bridgehead atoms. The van der Waals surface area contributed by atoms with E-state index in [-0.39, 0.29) is 36.3 Å². The number of rotatable bonds is 15. The summed E-state index contributed by atoms with van der Waals surface area (Å²) in [4.78, 5) is 26.0. The highest BCUT2D eigenvalue weighted by Crippen LogP contribution is 2.31. The van der Waals surface area contributed by atoms with Crippen molar-refractivity contribution in [2.45, 2.75) is 89.2 Å². The van der Waals surface area contributed by atoms with Crippen LogP contribution in [0.25, 0.3) is 22.1 Å². The lowest BCUT2D eigenvalue weighted by Crippen LogP contribution is -2.47. The summed E-state index contributed by atoms with van der Waals surface area (Å²) in [6, 6.07) is 4.56. The van der Waals surface area contributed by atoms with Crippen molar-refractivity contribution in [3.05, 3.63) is 36.7 Å². The van der Waals surface area contributed by atoms with Gasteiger partial charge in [-0.3, -0.25) is 9.97 Å². The van der Waals surface area contributed by atoms with E-state index in [0.717, 1.165) is 12.8 Å². The molecule has 2 unspecified atom stereocenters. The van der Waals surface area contributed by atoms with E-state index in [9.17, 15) is 23.4 Å². The zero-order valence-electron chi connectivity index (χ0n) is 24.9. The molecule has 238 valence electrons. The van der Waals surface area contributed by atoms with Crippen molar-refractivity contribution < 1.29 is 23.4 Å². The van der Waals surface area contributed by atoms with Crippen molar-refractivity contribution >= 4 is 45.6 Å². The van der Waals surface area contributed by atoms with Gasteiger partial charge in [0, 0.05) is 18.4 Å². The van der Waals surface area contributed by atoms with Crippen molar-refractivity contribution in [3.8, 4) is 0 Å². The zero-order valence-corrected chi connectivity index (χ0v) is 24.9. The Kier molecular flexibility index (Phi) is 10.5. The van der Waals surface area contributed by atoms with Gasteiger partial charge in [-0.1, -0.05) is 33.6 Å². The number of alkyl halides is 3. The third-order valence-electron chi connectivity index (χ3n) is 7.70. The van der Waals surface area contributed by atoms with Crippen LogP contribution in [0.3, 0.4) is 0 Å². The Hall–Kier alpha value is -4.11. The van der Waals surface area contributed by atoms with Crippen LogP contribution < -0.4 is 21.7 Å². The van der Waals surface area contributed by atoms with Crippen LogP contribution in [-0.4, -0.2) is 76.6 Å². The van der Waals surface area contributed by atoms with Gasteiger partial charge in [0.1, 0.15) is 11.0 Å². The first-order valence-electron chi connectivity index (χ1n) is 14.7. The Morgan fingerprint density at radius 3 is 2.16 bits per heavy atom. The van der Waals surface area contributed by atoms with Gasteiger partial charge in [-0.2, -0.15) is 23.1 Å². The smallest absolute Gasteiger partial charge is 0.394 e. The molecule has 0 saturated heterocycles. The molecular weight excluding hydrogens is 577 g/mol. The Labute approximate surface area is 253 Å². The minimum absolute atomic E-state index is 0.0252. The second-order valence-electron chi connectivity index (χ2n) is 10.8. The number of aliphatic hydroxyl groups excluding tert-OH is 2. The summed E-state index contributed by atoms with van der Waals surface area (Å²) in [6.07, 6.45) is -1.24. The molecule has 4 rings (SSSR count). The highest BCUT2D eigenvalue weighted by Gasteiger charge is 2.44. The molecule has 0 fully saturated rings. The molecule has 0 radical (unpaired) electrons. The molecule has 4 heterocycles. The second kappa shape index (κ2) is 14.1. The van der Waals surface area contributed by atoms with Crippen molar-refractivity contribution in [3.63, 3.8) is 0 Å². The fourth-order valence-electron chi connectivity index (χ4n) is 5.02. The Balaban J connectivity index is 1.66. The normalized spacial score (nSPS) is 15.5. The molecule has 4 aromatic heterocycles. The molecule has 44 heavy (non-hydrogen) atoms. The lowest BCUT2D eigenvalue weighted by Gasteiger charge is -2.33. The van der Waals surface area contributed by atoms with Crippen LogP contribution >= 0.6 is 0 Å². The molecule has 0 saturated carbocycles. The highest BCUT2D eigenvalue weighted by atomic mass is 19.4. The predicted octanol–water partition coefficient (Wildman–Crippen LogP) is 4.67. The summed E-state index contributed by atoms with van der Waals surface area (Å²) in [5.74, 6) is 0.389. The zero-order chi connectivity index (χ0) is 31.9. The first-order valence-corrected chi connectivity index (χ1v) is 14.7. The van der Waals surface area contributed by atoms with E-state index in [1.807, 2.05) is 6.92 Å². The van der Waals surface area contributed by atoms with Crippen LogP contribution in [-0.2, 0) is 0 Å². The quantitative estimate of drug-likeness (QED) is 0.109. The molecule has 0 spiro atoms. The van der Waals surface area contributed by atoms with E-state index in [1.54, 1.807) is 37.4 Å². The van der Waals surface area contributed by atoms with Gasteiger partial charge in [-0.25, -0.2) is 9.97 Å². The molecule has 4 aromatic rings. The number of nitrogen functional groups attached to an aromatic ring is 1. The molecule has 0 aromatic carbocycles. The van der Waals surface area contributed by atoms with E-state index in [0.29, 0.717) is 41.6 Å². The average Bonchev–Trinajstić information content (AvgIpc) is 3.01. The number of nitrogens with two attached hydrogens (primary N) is 1. The summed E-state index contributed by atoms with van der Waals surface area (Å²) in [7, 11) is 0. The van der Waals surface area contributed by atoms with Gasteiger partial charge in [0.2, 0.25) is 11.9 Å². The van der Waals surface area contributed by atoms with Gasteiger partial charge >= 0.3 is 6.18 Å². The van der Waals surface area contributed by atoms with Gasteiger partial charge < -0.3 is 31.9 Å². The standard InChI is InChI=1S/C29H39F3N10O2/c1-4-7-12-28(6-3,16-43)42-25-22-19(11-9-14-35-22)39-27(41-25)36-17(5-2)15-20(23(44)29(30,31)32)37-24-21-18(10-8-13-34-21)38-26(33)40-24/h8-11,13-14,17,20,23,43-44H,4-7,12,15-16H2,1-3H3,(H3,33,37,38,40)(H2,36,39,41,42)/t17?,20-,23-,28?/m1/s1. The maximum Gasteiger partial charge on any atom is 0.416 e. The van der Waals surface area contributed by atoms with Crippen LogP contribution in [0.2, 0.25) is 0 Å². The number of hydrogen-bond donors (Lipinski definition) is 6. The first-order chi connectivity index (χ1) is 21.0. The summed E-state index contributed by atoms with van der Waals surface area (Å²) in [5, 5.41) is 30.0. The predicted molar refractivity (Wildman–Crippen MR) is 164 cm³/mol. The number of halogens is 3. The Bertz CT molecular complexity index is 1540. The SMILES string of the molecule is CCCCC(CC)(CO)Nc1nc(NC(CC)C[C@@H](Nc2nc(N)nc3cccnc23)[C@@H](O)C(F)(F)F)nc2cccnc12. The molecule has 0 aliphatic carbocycles. The largest absolute Gasteiger partial charge is 0.416 e. The van der Waals surface area contributed by atoms with Crippen molar-refractivity contribution in [2.75, 3.05) is 28.3 Å². The average molecular weight is 617 g/mol. The second-order valence-corrected chi connectivity index (χ2v) is 10.8. The monoisotopic (exact) mass is 616 g/mol. The van der Waals surface area contributed by atoms with Crippen molar-refractivity contribution in [1.82, 2.24) is 29.9 Å². The van der Waals surface area contributed by atoms with E-state index < -0.39 is 29.9 Å². The molecule has 7 N–H and O–H groups in total. The number of aliphatic hydroxyl groups is 2. The maximum absolute atomic E-state index is 13.9. The number of hydrogen-bond acceptors (Lipinski definition) is 12. The topological polar surface area (TPSA) is 180 Å². The summed E-state index contributed by atoms with van der Waals surface area (Å²) in [6.45, 7) is 5.73. The lowest BCUT2D eigenvalue weighted by atomic mass is 9.90. The summed E-state index contributed by atoms with van der Waals surface area (Å²) >= 11 is 0. The number of anilines is 4. The number of fused-ring (bicyclic) bond motifs is 2. The third-order valence-corrected chi connectivity index (χ3v) is 7.70. The number of aromatic nitrogens is 6. The number of unbranched alkanes of at least 4 members (excludes halogenated alkanes) is 1. The lowest BCUT2D eigenvalue weighted by molar-refractivity contribution is -0.208. The fraction of sp³-hybridized carbons (Fsp3) is 0.517. The minimum Gasteiger partial charge on any atom is -0.394 e. The number of nitrogens with zero attached hydrogens (tertiary/aromatic N) is 6. The molecule has 15 heteroatoms. The maximum atomic E-state index is 13.9. The van der Waals surface area contributed by atoms with Crippen molar-refractivity contribution in [1.29, 1.82) is 0 Å². The van der Waals surface area contributed by atoms with Gasteiger partial charge in [0.25, 0.3) is 0 Å². The van der Waals surface area contributed by atoms with E-state index >= 15 is 0 Å². The molecule has 4 atom stereocenters.